The number of aliphatic imine (C=N–C) groups is 1. The summed E-state index contributed by atoms with van der Waals surface area (Å²) in [6.45, 7) is 6.25. The average Bonchev–Trinajstić information content (AvgIpc) is 2.55. The van der Waals surface area contributed by atoms with Crippen LogP contribution in [0.3, 0.4) is 0 Å². The first kappa shape index (κ1) is 16.1. The molecule has 2 aromatic carbocycles. The van der Waals surface area contributed by atoms with E-state index in [1.807, 2.05) is 0 Å². The summed E-state index contributed by atoms with van der Waals surface area (Å²) >= 11 is 0. The van der Waals surface area contributed by atoms with E-state index >= 15 is 0 Å². The summed E-state index contributed by atoms with van der Waals surface area (Å²) in [5.41, 5.74) is 5.37. The molecule has 0 aliphatic carbocycles. The Kier molecular flexibility index (Phi) is 4.07. The molecule has 0 unspecified atom stereocenters. The minimum Gasteiger partial charge on any atom is -0.294 e. The second kappa shape index (κ2) is 6.05. The van der Waals surface area contributed by atoms with Gasteiger partial charge in [-0.15, -0.1) is 0 Å². The zero-order valence-corrected chi connectivity index (χ0v) is 14.3. The highest BCUT2D eigenvalue weighted by Gasteiger charge is 2.27. The first-order valence-corrected chi connectivity index (χ1v) is 8.10. The standard InChI is InChI=1S/C21H20N2O/c1-14-4-7-17-12-21(2,3)23-19(18(17)10-14)11-20(24)16-8-5-15(13-22)6-9-16/h4-10H,11-12H2,1-3H3. The van der Waals surface area contributed by atoms with Gasteiger partial charge in [-0.2, -0.15) is 5.26 Å². The first-order chi connectivity index (χ1) is 11.4. The number of hydrogen-bond acceptors (Lipinski definition) is 3. The summed E-state index contributed by atoms with van der Waals surface area (Å²) in [4.78, 5) is 17.5. The number of nitriles is 1. The summed E-state index contributed by atoms with van der Waals surface area (Å²) in [6.07, 6.45) is 1.17. The van der Waals surface area contributed by atoms with Crippen molar-refractivity contribution in [2.45, 2.75) is 39.2 Å². The van der Waals surface area contributed by atoms with Crippen molar-refractivity contribution in [2.75, 3.05) is 0 Å². The SMILES string of the molecule is Cc1ccc2c(c1)C(CC(=O)c1ccc(C#N)cc1)=NC(C)(C)C2. The molecule has 3 rings (SSSR count). The van der Waals surface area contributed by atoms with Crippen LogP contribution in [0.2, 0.25) is 0 Å². The van der Waals surface area contributed by atoms with Crippen molar-refractivity contribution < 1.29 is 4.79 Å². The number of aryl methyl sites for hydroxylation is 1. The maximum Gasteiger partial charge on any atom is 0.168 e. The molecule has 120 valence electrons. The second-order valence-electron chi connectivity index (χ2n) is 7.00. The molecule has 3 heteroatoms. The van der Waals surface area contributed by atoms with Crippen LogP contribution in [0.15, 0.2) is 47.5 Å². The smallest absolute Gasteiger partial charge is 0.168 e. The van der Waals surface area contributed by atoms with E-state index in [0.29, 0.717) is 11.1 Å². The predicted octanol–water partition coefficient (Wildman–Crippen LogP) is 4.26. The van der Waals surface area contributed by atoms with Gasteiger partial charge >= 0.3 is 0 Å². The summed E-state index contributed by atoms with van der Waals surface area (Å²) < 4.78 is 0. The molecule has 24 heavy (non-hydrogen) atoms. The van der Waals surface area contributed by atoms with E-state index in [1.165, 1.54) is 11.1 Å². The number of ketones is 1. The largest absolute Gasteiger partial charge is 0.294 e. The van der Waals surface area contributed by atoms with Crippen molar-refractivity contribution in [1.82, 2.24) is 0 Å². The molecule has 0 radical (unpaired) electrons. The monoisotopic (exact) mass is 316 g/mol. The molecule has 3 nitrogen and oxygen atoms in total. The second-order valence-corrected chi connectivity index (χ2v) is 7.00. The van der Waals surface area contributed by atoms with E-state index in [4.69, 9.17) is 10.3 Å². The van der Waals surface area contributed by atoms with E-state index in [2.05, 4.69) is 45.0 Å². The lowest BCUT2D eigenvalue weighted by atomic mass is 9.84. The van der Waals surface area contributed by atoms with Gasteiger partial charge in [-0.3, -0.25) is 9.79 Å². The van der Waals surface area contributed by atoms with Gasteiger partial charge in [0.25, 0.3) is 0 Å². The van der Waals surface area contributed by atoms with Crippen LogP contribution in [-0.2, 0) is 6.42 Å². The molecule has 0 fully saturated rings. The van der Waals surface area contributed by atoms with Crippen molar-refractivity contribution >= 4 is 11.5 Å². The summed E-state index contributed by atoms with van der Waals surface area (Å²) in [5.74, 6) is 0.0309. The molecule has 0 N–H and O–H groups in total. The lowest BCUT2D eigenvalue weighted by molar-refractivity contribution is 0.100. The third-order valence-electron chi connectivity index (χ3n) is 4.30. The van der Waals surface area contributed by atoms with Crippen molar-refractivity contribution in [3.63, 3.8) is 0 Å². The van der Waals surface area contributed by atoms with Crippen LogP contribution >= 0.6 is 0 Å². The molecule has 0 spiro atoms. The zero-order chi connectivity index (χ0) is 17.3. The van der Waals surface area contributed by atoms with Gasteiger partial charge in [0, 0.05) is 5.56 Å². The van der Waals surface area contributed by atoms with Crippen molar-refractivity contribution in [3.8, 4) is 6.07 Å². The molecule has 0 amide bonds. The fraction of sp³-hybridized carbons (Fsp3) is 0.286. The topological polar surface area (TPSA) is 53.2 Å². The third-order valence-corrected chi connectivity index (χ3v) is 4.30. The number of nitrogens with zero attached hydrogens (tertiary/aromatic N) is 2. The van der Waals surface area contributed by atoms with E-state index in [9.17, 15) is 4.79 Å². The minimum atomic E-state index is -0.192. The highest BCUT2D eigenvalue weighted by atomic mass is 16.1. The van der Waals surface area contributed by atoms with E-state index in [1.54, 1.807) is 24.3 Å². The number of carbonyl (C=O) groups excluding carboxylic acids is 1. The van der Waals surface area contributed by atoms with Gasteiger partial charge in [0.05, 0.1) is 29.3 Å². The summed E-state index contributed by atoms with van der Waals surface area (Å²) in [6, 6.07) is 15.2. The Morgan fingerprint density at radius 2 is 1.92 bits per heavy atom. The lowest BCUT2D eigenvalue weighted by Crippen LogP contribution is -2.30. The number of rotatable bonds is 3. The first-order valence-electron chi connectivity index (χ1n) is 8.10. The van der Waals surface area contributed by atoms with Gasteiger partial charge in [0.1, 0.15) is 0 Å². The molecule has 1 aliphatic rings. The summed E-state index contributed by atoms with van der Waals surface area (Å²) in [5, 5.41) is 8.87. The molecule has 0 atom stereocenters. The maximum absolute atomic E-state index is 12.7. The molecule has 1 aliphatic heterocycles. The molecule has 2 aromatic rings. The third kappa shape index (κ3) is 3.28. The number of Topliss-reactive ketones (excluding diaryl/α,β-unsaturated/α-hetero) is 1. The van der Waals surface area contributed by atoms with Gasteiger partial charge in [0.2, 0.25) is 0 Å². The Labute approximate surface area is 142 Å². The minimum absolute atomic E-state index is 0.0309. The molecule has 0 saturated carbocycles. The summed E-state index contributed by atoms with van der Waals surface area (Å²) in [7, 11) is 0. The Morgan fingerprint density at radius 1 is 1.21 bits per heavy atom. The maximum atomic E-state index is 12.7. The Morgan fingerprint density at radius 3 is 2.58 bits per heavy atom. The van der Waals surface area contributed by atoms with Crippen LogP contribution < -0.4 is 0 Å². The molecule has 1 heterocycles. The van der Waals surface area contributed by atoms with E-state index in [-0.39, 0.29) is 17.7 Å². The Hall–Kier alpha value is -2.73. The van der Waals surface area contributed by atoms with Gasteiger partial charge in [-0.1, -0.05) is 29.8 Å². The van der Waals surface area contributed by atoms with E-state index in [0.717, 1.165) is 17.7 Å². The predicted molar refractivity (Wildman–Crippen MR) is 95.6 cm³/mol. The Balaban J connectivity index is 1.93. The van der Waals surface area contributed by atoms with E-state index < -0.39 is 0 Å². The highest BCUT2D eigenvalue weighted by Crippen LogP contribution is 2.29. The zero-order valence-electron chi connectivity index (χ0n) is 14.3. The van der Waals surface area contributed by atoms with Gasteiger partial charge in [-0.25, -0.2) is 0 Å². The number of benzene rings is 2. The molecule has 0 bridgehead atoms. The fourth-order valence-corrected chi connectivity index (χ4v) is 3.16. The average molecular weight is 316 g/mol. The molecular weight excluding hydrogens is 296 g/mol. The molecule has 0 aromatic heterocycles. The van der Waals surface area contributed by atoms with Crippen molar-refractivity contribution in [3.05, 3.63) is 70.3 Å². The van der Waals surface area contributed by atoms with Crippen LogP contribution in [0, 0.1) is 18.3 Å². The van der Waals surface area contributed by atoms with Gasteiger partial charge in [-0.05, 0) is 56.5 Å². The lowest BCUT2D eigenvalue weighted by Gasteiger charge is -2.29. The molecular formula is C21H20N2O. The quantitative estimate of drug-likeness (QED) is 0.794. The number of carbonyl (C=O) groups is 1. The van der Waals surface area contributed by atoms with Crippen LogP contribution in [0.4, 0.5) is 0 Å². The van der Waals surface area contributed by atoms with Crippen LogP contribution in [0.5, 0.6) is 0 Å². The van der Waals surface area contributed by atoms with Crippen molar-refractivity contribution in [2.24, 2.45) is 4.99 Å². The normalized spacial score (nSPS) is 15.2. The van der Waals surface area contributed by atoms with Crippen LogP contribution in [0.25, 0.3) is 0 Å². The van der Waals surface area contributed by atoms with Crippen LogP contribution in [0.1, 0.15) is 52.9 Å². The van der Waals surface area contributed by atoms with Crippen molar-refractivity contribution in [1.29, 1.82) is 5.26 Å². The fourth-order valence-electron chi connectivity index (χ4n) is 3.16. The highest BCUT2D eigenvalue weighted by molar-refractivity contribution is 6.16. The number of hydrogen-bond donors (Lipinski definition) is 0. The van der Waals surface area contributed by atoms with Crippen LogP contribution in [-0.4, -0.2) is 17.0 Å². The molecule has 0 saturated heterocycles. The number of fused-ring (bicyclic) bond motifs is 1. The van der Waals surface area contributed by atoms with Gasteiger partial charge in [0.15, 0.2) is 5.78 Å². The Bertz CT molecular complexity index is 868. The van der Waals surface area contributed by atoms with Gasteiger partial charge < -0.3 is 0 Å².